The van der Waals surface area contributed by atoms with Gasteiger partial charge in [0.1, 0.15) is 0 Å². The van der Waals surface area contributed by atoms with E-state index in [-0.39, 0.29) is 12.2 Å². The van der Waals surface area contributed by atoms with Gasteiger partial charge >= 0.3 is 12.5 Å². The normalized spacial score (nSPS) is 10.8. The Kier molecular flexibility index (Phi) is 6.02. The maximum Gasteiger partial charge on any atom is 0.576 e. The lowest BCUT2D eigenvalue weighted by atomic mass is 10.1. The first kappa shape index (κ1) is 17.6. The minimum absolute atomic E-state index is 0.0130. The number of hydrogen-bond acceptors (Lipinski definition) is 4. The second-order valence-electron chi connectivity index (χ2n) is 4.14. The van der Waals surface area contributed by atoms with E-state index >= 15 is 0 Å². The predicted octanol–water partition coefficient (Wildman–Crippen LogP) is 2.80. The molecule has 0 unspecified atom stereocenters. The number of alkyl halides is 3. The van der Waals surface area contributed by atoms with Crippen LogP contribution < -0.4 is 15.8 Å². The highest BCUT2D eigenvalue weighted by Gasteiger charge is 2.36. The molecule has 0 spiro atoms. The summed E-state index contributed by atoms with van der Waals surface area (Å²) in [6.45, 7) is 3.37. The van der Waals surface area contributed by atoms with Crippen molar-refractivity contribution in [1.82, 2.24) is 5.43 Å². The van der Waals surface area contributed by atoms with Gasteiger partial charge in [0.2, 0.25) is 6.41 Å². The quantitative estimate of drug-likeness (QED) is 0.625. The van der Waals surface area contributed by atoms with Crippen molar-refractivity contribution in [2.75, 3.05) is 16.9 Å². The van der Waals surface area contributed by atoms with Crippen LogP contribution >= 0.6 is 0 Å². The van der Waals surface area contributed by atoms with Crippen molar-refractivity contribution in [2.45, 2.75) is 26.6 Å². The third-order valence-corrected chi connectivity index (χ3v) is 2.79. The van der Waals surface area contributed by atoms with Crippen LogP contribution in [-0.2, 0) is 16.0 Å². The lowest BCUT2D eigenvalue weighted by molar-refractivity contribution is -0.290. The van der Waals surface area contributed by atoms with Gasteiger partial charge in [0.15, 0.2) is 0 Å². The van der Waals surface area contributed by atoms with E-state index in [0.717, 1.165) is 10.5 Å². The van der Waals surface area contributed by atoms with Crippen molar-refractivity contribution >= 4 is 23.9 Å². The van der Waals surface area contributed by atoms with E-state index in [1.165, 1.54) is 19.1 Å². The number of hydrogen-bond donors (Lipinski definition) is 2. The molecule has 0 aliphatic carbocycles. The molecule has 1 aromatic carbocycles. The highest BCUT2D eigenvalue weighted by molar-refractivity contribution is 5.88. The summed E-state index contributed by atoms with van der Waals surface area (Å²) in [5.74, 6) is 0. The minimum Gasteiger partial charge on any atom is -0.356 e. The molecule has 6 nitrogen and oxygen atoms in total. The lowest BCUT2D eigenvalue weighted by Crippen LogP contribution is -2.35. The van der Waals surface area contributed by atoms with Crippen LogP contribution in [-0.4, -0.2) is 25.4 Å². The third-order valence-electron chi connectivity index (χ3n) is 2.79. The van der Waals surface area contributed by atoms with Gasteiger partial charge in [-0.05, 0) is 31.0 Å². The summed E-state index contributed by atoms with van der Waals surface area (Å²) < 4.78 is 39.9. The zero-order valence-electron chi connectivity index (χ0n) is 12.0. The van der Waals surface area contributed by atoms with Crippen molar-refractivity contribution in [1.29, 1.82) is 0 Å². The highest BCUT2D eigenvalue weighted by Crippen LogP contribution is 2.26. The minimum atomic E-state index is -5.05. The zero-order chi connectivity index (χ0) is 16.8. The van der Waals surface area contributed by atoms with Crippen LogP contribution in [0.2, 0.25) is 0 Å². The van der Waals surface area contributed by atoms with Gasteiger partial charge in [-0.2, -0.15) is 0 Å². The van der Waals surface area contributed by atoms with Gasteiger partial charge in [-0.3, -0.25) is 20.5 Å². The first-order chi connectivity index (χ1) is 10.3. The van der Waals surface area contributed by atoms with Gasteiger partial charge in [-0.15, -0.1) is 13.2 Å². The standard InChI is InChI=1S/C13H16F3N3O3/c1-3-9-5-6-10(7-11(9)18-17-8-20)19(4-2)12(21)22-13(14,15)16/h5-8,18H,3-4H2,1-2H3,(H,17,20). The van der Waals surface area contributed by atoms with Crippen LogP contribution in [0, 0.1) is 0 Å². The maximum atomic E-state index is 12.2. The number of anilines is 2. The van der Waals surface area contributed by atoms with Crippen LogP contribution in [0.1, 0.15) is 19.4 Å². The zero-order valence-corrected chi connectivity index (χ0v) is 12.0. The molecule has 0 radical (unpaired) electrons. The molecule has 9 heteroatoms. The monoisotopic (exact) mass is 319 g/mol. The SMILES string of the molecule is CCc1ccc(N(CC)C(=O)OC(F)(F)F)cc1NNC=O. The number of rotatable bonds is 6. The molecular formula is C13H16F3N3O3. The first-order valence-electron chi connectivity index (χ1n) is 6.47. The summed E-state index contributed by atoms with van der Waals surface area (Å²) in [6, 6.07) is 4.61. The van der Waals surface area contributed by atoms with Crippen molar-refractivity contribution in [3.63, 3.8) is 0 Å². The summed E-state index contributed by atoms with van der Waals surface area (Å²) in [7, 11) is 0. The Morgan fingerprint density at radius 1 is 1.36 bits per heavy atom. The molecular weight excluding hydrogens is 303 g/mol. The predicted molar refractivity (Wildman–Crippen MR) is 74.2 cm³/mol. The summed E-state index contributed by atoms with van der Waals surface area (Å²) in [5.41, 5.74) is 6.35. The number of hydrazine groups is 1. The second kappa shape index (κ2) is 7.53. The number of ether oxygens (including phenoxy) is 1. The van der Waals surface area contributed by atoms with Crippen molar-refractivity contribution < 1.29 is 27.5 Å². The van der Waals surface area contributed by atoms with Gasteiger partial charge in [0, 0.05) is 12.2 Å². The van der Waals surface area contributed by atoms with Crippen LogP contribution in [0.25, 0.3) is 0 Å². The molecule has 1 rings (SSSR count). The van der Waals surface area contributed by atoms with Gasteiger partial charge in [0.25, 0.3) is 0 Å². The molecule has 2 N–H and O–H groups in total. The fourth-order valence-electron chi connectivity index (χ4n) is 1.84. The number of benzene rings is 1. The molecule has 122 valence electrons. The number of carbonyl (C=O) groups is 2. The Morgan fingerprint density at radius 2 is 2.05 bits per heavy atom. The number of carbonyl (C=O) groups excluding carboxylic acids is 2. The van der Waals surface area contributed by atoms with Gasteiger partial charge in [-0.25, -0.2) is 4.79 Å². The maximum absolute atomic E-state index is 12.2. The van der Waals surface area contributed by atoms with Gasteiger partial charge in [0.05, 0.1) is 5.69 Å². The summed E-state index contributed by atoms with van der Waals surface area (Å²) in [6.07, 6.45) is -5.52. The molecule has 0 aliphatic rings. The average Bonchev–Trinajstić information content (AvgIpc) is 2.44. The Labute approximate surface area is 125 Å². The van der Waals surface area contributed by atoms with Gasteiger partial charge in [-0.1, -0.05) is 13.0 Å². The molecule has 22 heavy (non-hydrogen) atoms. The highest BCUT2D eigenvalue weighted by atomic mass is 19.4. The first-order valence-corrected chi connectivity index (χ1v) is 6.47. The van der Waals surface area contributed by atoms with E-state index in [4.69, 9.17) is 0 Å². The van der Waals surface area contributed by atoms with Crippen LogP contribution in [0.5, 0.6) is 0 Å². The van der Waals surface area contributed by atoms with E-state index in [2.05, 4.69) is 15.6 Å². The van der Waals surface area contributed by atoms with Crippen molar-refractivity contribution in [3.8, 4) is 0 Å². The van der Waals surface area contributed by atoms with Gasteiger partial charge < -0.3 is 4.74 Å². The average molecular weight is 319 g/mol. The Morgan fingerprint density at radius 3 is 2.55 bits per heavy atom. The molecule has 0 saturated carbocycles. The van der Waals surface area contributed by atoms with Crippen molar-refractivity contribution in [2.24, 2.45) is 0 Å². The van der Waals surface area contributed by atoms with E-state index < -0.39 is 12.5 Å². The van der Waals surface area contributed by atoms with E-state index in [1.54, 1.807) is 6.07 Å². The number of aryl methyl sites for hydroxylation is 1. The molecule has 0 bridgehead atoms. The molecule has 2 amide bonds. The van der Waals surface area contributed by atoms with Crippen molar-refractivity contribution in [3.05, 3.63) is 23.8 Å². The topological polar surface area (TPSA) is 70.7 Å². The Balaban J connectivity index is 3.06. The fourth-order valence-corrected chi connectivity index (χ4v) is 1.84. The summed E-state index contributed by atoms with van der Waals surface area (Å²) in [4.78, 5) is 22.7. The number of amides is 2. The number of halogens is 3. The van der Waals surface area contributed by atoms with Crippen LogP contribution in [0.15, 0.2) is 18.2 Å². The Bertz CT molecular complexity index is 535. The molecule has 0 aromatic heterocycles. The lowest BCUT2D eigenvalue weighted by Gasteiger charge is -2.22. The van der Waals surface area contributed by atoms with E-state index in [1.807, 2.05) is 6.92 Å². The summed E-state index contributed by atoms with van der Waals surface area (Å²) >= 11 is 0. The second-order valence-corrected chi connectivity index (χ2v) is 4.14. The Hall–Kier alpha value is -2.45. The molecule has 0 atom stereocenters. The molecule has 1 aromatic rings. The van der Waals surface area contributed by atoms with E-state index in [0.29, 0.717) is 18.5 Å². The molecule has 0 heterocycles. The third kappa shape index (κ3) is 4.83. The number of nitrogens with zero attached hydrogens (tertiary/aromatic N) is 1. The fraction of sp³-hybridized carbons (Fsp3) is 0.385. The largest absolute Gasteiger partial charge is 0.576 e. The molecule has 0 aliphatic heterocycles. The van der Waals surface area contributed by atoms with Crippen LogP contribution in [0.4, 0.5) is 29.3 Å². The van der Waals surface area contributed by atoms with Crippen LogP contribution in [0.3, 0.4) is 0 Å². The smallest absolute Gasteiger partial charge is 0.356 e. The number of nitrogens with one attached hydrogen (secondary N) is 2. The summed E-state index contributed by atoms with van der Waals surface area (Å²) in [5, 5.41) is 0. The van der Waals surface area contributed by atoms with E-state index in [9.17, 15) is 22.8 Å². The molecule has 0 saturated heterocycles. The molecule has 0 fully saturated rings.